The topological polar surface area (TPSA) is 84.9 Å². The fourth-order valence-corrected chi connectivity index (χ4v) is 3.44. The molecule has 1 saturated heterocycles. The van der Waals surface area contributed by atoms with E-state index < -0.39 is 22.2 Å². The quantitative estimate of drug-likeness (QED) is 0.715. The molecule has 1 fully saturated rings. The molecule has 112 valence electrons. The summed E-state index contributed by atoms with van der Waals surface area (Å²) in [6.07, 6.45) is -0.337. The van der Waals surface area contributed by atoms with Gasteiger partial charge in [0, 0.05) is 13.1 Å². The molecule has 1 heterocycles. The van der Waals surface area contributed by atoms with Gasteiger partial charge in [0.05, 0.1) is 18.8 Å². The van der Waals surface area contributed by atoms with E-state index in [1.807, 2.05) is 13.8 Å². The van der Waals surface area contributed by atoms with Crippen molar-refractivity contribution in [2.24, 2.45) is 0 Å². The summed E-state index contributed by atoms with van der Waals surface area (Å²) in [5.41, 5.74) is 0. The molecule has 0 saturated carbocycles. The van der Waals surface area contributed by atoms with Gasteiger partial charge in [-0.25, -0.2) is 0 Å². The largest absolute Gasteiger partial charge is 0.465 e. The predicted molar refractivity (Wildman–Crippen MR) is 69.7 cm³/mol. The molecule has 0 bridgehead atoms. The summed E-state index contributed by atoms with van der Waals surface area (Å²) in [6.45, 7) is 7.52. The maximum absolute atomic E-state index is 12.1. The van der Waals surface area contributed by atoms with Crippen LogP contribution in [-0.2, 0) is 24.5 Å². The maximum Gasteiger partial charge on any atom is 0.323 e. The van der Waals surface area contributed by atoms with Crippen molar-refractivity contribution in [1.29, 1.82) is 0 Å². The van der Waals surface area contributed by atoms with Gasteiger partial charge in [-0.2, -0.15) is 17.4 Å². The zero-order chi connectivity index (χ0) is 14.6. The molecule has 1 aliphatic rings. The van der Waals surface area contributed by atoms with E-state index in [0.29, 0.717) is 0 Å². The van der Waals surface area contributed by atoms with Crippen molar-refractivity contribution in [3.05, 3.63) is 0 Å². The Morgan fingerprint density at radius 1 is 1.42 bits per heavy atom. The highest BCUT2D eigenvalue weighted by atomic mass is 32.2. The summed E-state index contributed by atoms with van der Waals surface area (Å²) in [6, 6.07) is -0.904. The molecular weight excluding hydrogens is 272 g/mol. The third-order valence-electron chi connectivity index (χ3n) is 2.69. The molecule has 0 radical (unpaired) electrons. The van der Waals surface area contributed by atoms with E-state index in [-0.39, 0.29) is 31.9 Å². The molecule has 0 aromatic carbocycles. The Bertz CT molecular complexity index is 401. The summed E-state index contributed by atoms with van der Waals surface area (Å²) in [7, 11) is -3.71. The number of ether oxygens (including phenoxy) is 2. The van der Waals surface area contributed by atoms with Crippen LogP contribution in [0, 0.1) is 0 Å². The monoisotopic (exact) mass is 294 g/mol. The fourth-order valence-electron chi connectivity index (χ4n) is 1.94. The zero-order valence-corrected chi connectivity index (χ0v) is 12.6. The third-order valence-corrected chi connectivity index (χ3v) is 4.32. The Kier molecular flexibility index (Phi) is 5.72. The number of esters is 1. The van der Waals surface area contributed by atoms with E-state index in [9.17, 15) is 13.2 Å². The lowest BCUT2D eigenvalue weighted by Gasteiger charge is -2.34. The van der Waals surface area contributed by atoms with Crippen LogP contribution in [0.3, 0.4) is 0 Å². The number of carbonyl (C=O) groups is 1. The predicted octanol–water partition coefficient (Wildman–Crippen LogP) is -0.118. The first-order valence-corrected chi connectivity index (χ1v) is 7.79. The smallest absolute Gasteiger partial charge is 0.323 e. The van der Waals surface area contributed by atoms with Crippen LogP contribution in [0.4, 0.5) is 0 Å². The van der Waals surface area contributed by atoms with Gasteiger partial charge in [0.15, 0.2) is 0 Å². The van der Waals surface area contributed by atoms with Crippen LogP contribution in [0.15, 0.2) is 0 Å². The van der Waals surface area contributed by atoms with Gasteiger partial charge in [0.25, 0.3) is 10.2 Å². The minimum Gasteiger partial charge on any atom is -0.465 e. The highest BCUT2D eigenvalue weighted by molar-refractivity contribution is 7.87. The van der Waals surface area contributed by atoms with Gasteiger partial charge in [0.1, 0.15) is 6.04 Å². The number of nitrogens with one attached hydrogen (secondary N) is 1. The number of carbonyl (C=O) groups excluding carboxylic acids is 1. The average molecular weight is 294 g/mol. The van der Waals surface area contributed by atoms with Crippen molar-refractivity contribution in [3.8, 4) is 0 Å². The second kappa shape index (κ2) is 6.65. The summed E-state index contributed by atoms with van der Waals surface area (Å²) >= 11 is 0. The van der Waals surface area contributed by atoms with Crippen molar-refractivity contribution >= 4 is 16.2 Å². The first-order valence-electron chi connectivity index (χ1n) is 6.35. The molecule has 0 spiro atoms. The van der Waals surface area contributed by atoms with E-state index in [0.717, 1.165) is 0 Å². The molecule has 7 nitrogen and oxygen atoms in total. The van der Waals surface area contributed by atoms with Crippen LogP contribution in [0.2, 0.25) is 0 Å². The van der Waals surface area contributed by atoms with Gasteiger partial charge in [-0.05, 0) is 27.7 Å². The Balaban J connectivity index is 2.67. The van der Waals surface area contributed by atoms with Gasteiger partial charge >= 0.3 is 5.97 Å². The van der Waals surface area contributed by atoms with Crippen molar-refractivity contribution in [3.63, 3.8) is 0 Å². The maximum atomic E-state index is 12.1. The lowest BCUT2D eigenvalue weighted by Crippen LogP contribution is -2.54. The van der Waals surface area contributed by atoms with E-state index in [2.05, 4.69) is 4.72 Å². The first kappa shape index (κ1) is 16.4. The van der Waals surface area contributed by atoms with Crippen LogP contribution in [0.1, 0.15) is 27.7 Å². The van der Waals surface area contributed by atoms with Crippen molar-refractivity contribution < 1.29 is 22.7 Å². The van der Waals surface area contributed by atoms with E-state index in [4.69, 9.17) is 9.47 Å². The number of rotatable bonds is 5. The molecule has 19 heavy (non-hydrogen) atoms. The minimum atomic E-state index is -3.71. The minimum absolute atomic E-state index is 0.168. The van der Waals surface area contributed by atoms with Crippen LogP contribution >= 0.6 is 0 Å². The highest BCUT2D eigenvalue weighted by Gasteiger charge is 2.33. The molecule has 3 unspecified atom stereocenters. The second-order valence-electron chi connectivity index (χ2n) is 4.67. The van der Waals surface area contributed by atoms with Crippen LogP contribution in [0.5, 0.6) is 0 Å². The Labute approximate surface area is 114 Å². The number of hydrogen-bond acceptors (Lipinski definition) is 5. The first-order chi connectivity index (χ1) is 8.76. The molecule has 8 heteroatoms. The summed E-state index contributed by atoms with van der Waals surface area (Å²) in [5.74, 6) is -0.583. The number of morpholine rings is 1. The Morgan fingerprint density at radius 2 is 1.95 bits per heavy atom. The molecule has 0 amide bonds. The standard InChI is InChI=1S/C11H22N2O5S/c1-5-17-11(14)10(4)12-19(15,16)13-6-8(2)18-9(3)7-13/h8-10,12H,5-7H2,1-4H3. The van der Waals surface area contributed by atoms with Crippen molar-refractivity contribution in [2.75, 3.05) is 19.7 Å². The molecule has 3 atom stereocenters. The Hall–Kier alpha value is -0.700. The van der Waals surface area contributed by atoms with Crippen molar-refractivity contribution in [1.82, 2.24) is 9.03 Å². The van der Waals surface area contributed by atoms with Gasteiger partial charge in [-0.3, -0.25) is 4.79 Å². The molecule has 1 rings (SSSR count). The molecule has 1 N–H and O–H groups in total. The van der Waals surface area contributed by atoms with E-state index >= 15 is 0 Å². The number of hydrogen-bond donors (Lipinski definition) is 1. The normalized spacial score (nSPS) is 26.9. The molecule has 0 aromatic rings. The summed E-state index contributed by atoms with van der Waals surface area (Å²) in [4.78, 5) is 11.4. The molecule has 0 aliphatic carbocycles. The van der Waals surface area contributed by atoms with E-state index in [1.165, 1.54) is 11.2 Å². The van der Waals surface area contributed by atoms with Gasteiger partial charge < -0.3 is 9.47 Å². The highest BCUT2D eigenvalue weighted by Crippen LogP contribution is 2.13. The van der Waals surface area contributed by atoms with Crippen LogP contribution in [-0.4, -0.2) is 56.6 Å². The zero-order valence-electron chi connectivity index (χ0n) is 11.8. The summed E-state index contributed by atoms with van der Waals surface area (Å²) in [5, 5.41) is 0. The van der Waals surface area contributed by atoms with E-state index in [1.54, 1.807) is 6.92 Å². The molecule has 0 aromatic heterocycles. The van der Waals surface area contributed by atoms with Crippen LogP contribution < -0.4 is 4.72 Å². The average Bonchev–Trinajstić information content (AvgIpc) is 2.27. The van der Waals surface area contributed by atoms with Gasteiger partial charge in [-0.15, -0.1) is 0 Å². The summed E-state index contributed by atoms with van der Waals surface area (Å²) < 4.78 is 38.2. The molecule has 1 aliphatic heterocycles. The fraction of sp³-hybridized carbons (Fsp3) is 0.909. The lowest BCUT2D eigenvalue weighted by molar-refractivity contribution is -0.144. The van der Waals surface area contributed by atoms with Crippen molar-refractivity contribution in [2.45, 2.75) is 45.9 Å². The molecular formula is C11H22N2O5S. The second-order valence-corrected chi connectivity index (χ2v) is 6.37. The SMILES string of the molecule is CCOC(=O)C(C)NS(=O)(=O)N1CC(C)OC(C)C1. The number of nitrogens with zero attached hydrogens (tertiary/aromatic N) is 1. The lowest BCUT2D eigenvalue weighted by atomic mass is 10.3. The Morgan fingerprint density at radius 3 is 2.42 bits per heavy atom. The third kappa shape index (κ3) is 4.72. The van der Waals surface area contributed by atoms with Gasteiger partial charge in [0.2, 0.25) is 0 Å². The van der Waals surface area contributed by atoms with Gasteiger partial charge in [-0.1, -0.05) is 0 Å². The van der Waals surface area contributed by atoms with Crippen LogP contribution in [0.25, 0.3) is 0 Å².